The van der Waals surface area contributed by atoms with E-state index in [-0.39, 0.29) is 22.3 Å². The molecule has 0 aliphatic carbocycles. The van der Waals surface area contributed by atoms with Gasteiger partial charge in [-0.15, -0.1) is 0 Å². The van der Waals surface area contributed by atoms with E-state index in [1.807, 2.05) is 4.90 Å². The summed E-state index contributed by atoms with van der Waals surface area (Å²) in [4.78, 5) is 23.8. The van der Waals surface area contributed by atoms with Crippen molar-refractivity contribution in [1.82, 2.24) is 19.9 Å². The summed E-state index contributed by atoms with van der Waals surface area (Å²) in [7, 11) is 1.36. The predicted octanol–water partition coefficient (Wildman–Crippen LogP) is 3.37. The van der Waals surface area contributed by atoms with E-state index < -0.39 is 17.4 Å². The Balaban J connectivity index is 1.89. The van der Waals surface area contributed by atoms with Gasteiger partial charge >= 0.3 is 6.18 Å². The maximum Gasteiger partial charge on any atom is 0.431 e. The topological polar surface area (TPSA) is 72.3 Å². The second kappa shape index (κ2) is 8.04. The highest BCUT2D eigenvalue weighted by Gasteiger charge is 2.37. The van der Waals surface area contributed by atoms with E-state index in [1.165, 1.54) is 13.4 Å². The number of anilines is 1. The van der Waals surface area contributed by atoms with Gasteiger partial charge in [0.25, 0.3) is 5.56 Å². The molecular weight excluding hydrogens is 435 g/mol. The minimum Gasteiger partial charge on any atom is -0.495 e. The first kappa shape index (κ1) is 21.2. The first-order chi connectivity index (χ1) is 15.9. The smallest absolute Gasteiger partial charge is 0.431 e. The second-order valence-electron chi connectivity index (χ2n) is 7.70. The molecule has 10 heteroatoms. The minimum absolute atomic E-state index is 0.0251. The number of benzene rings is 2. The molecule has 0 atom stereocenters. The summed E-state index contributed by atoms with van der Waals surface area (Å²) < 4.78 is 49.2. The Morgan fingerprint density at radius 3 is 2.52 bits per heavy atom. The molecule has 3 heterocycles. The van der Waals surface area contributed by atoms with Gasteiger partial charge < -0.3 is 15.0 Å². The van der Waals surface area contributed by atoms with E-state index in [4.69, 9.17) is 4.74 Å². The molecule has 2 aromatic heterocycles. The van der Waals surface area contributed by atoms with Crippen LogP contribution in [0.5, 0.6) is 5.75 Å². The third kappa shape index (κ3) is 3.56. The first-order valence-electron chi connectivity index (χ1n) is 10.4. The Morgan fingerprint density at radius 2 is 1.79 bits per heavy atom. The Bertz CT molecular complexity index is 1410. The third-order valence-corrected chi connectivity index (χ3v) is 5.80. The number of nitrogens with zero attached hydrogens (tertiary/aromatic N) is 4. The van der Waals surface area contributed by atoms with Crippen molar-refractivity contribution in [2.24, 2.45) is 0 Å². The van der Waals surface area contributed by atoms with E-state index in [9.17, 15) is 18.0 Å². The number of hydrogen-bond donors (Lipinski definition) is 1. The number of ether oxygens (including phenoxy) is 1. The van der Waals surface area contributed by atoms with E-state index in [0.717, 1.165) is 6.07 Å². The van der Waals surface area contributed by atoms with Crippen molar-refractivity contribution in [1.29, 1.82) is 0 Å². The van der Waals surface area contributed by atoms with Gasteiger partial charge in [0.15, 0.2) is 0 Å². The molecule has 0 amide bonds. The van der Waals surface area contributed by atoms with Gasteiger partial charge in [-0.2, -0.15) is 13.2 Å². The average Bonchev–Trinajstić information content (AvgIpc) is 2.83. The van der Waals surface area contributed by atoms with Crippen LogP contribution in [0, 0.1) is 0 Å². The molecule has 1 N–H and O–H groups in total. The van der Waals surface area contributed by atoms with Gasteiger partial charge in [0.2, 0.25) is 0 Å². The molecule has 7 nitrogen and oxygen atoms in total. The van der Waals surface area contributed by atoms with E-state index in [2.05, 4.69) is 15.3 Å². The molecule has 4 aromatic rings. The number of fused-ring (bicyclic) bond motifs is 2. The number of hydrogen-bond acceptors (Lipinski definition) is 6. The lowest BCUT2D eigenvalue weighted by Crippen LogP contribution is -2.44. The van der Waals surface area contributed by atoms with Crippen LogP contribution >= 0.6 is 0 Å². The van der Waals surface area contributed by atoms with Gasteiger partial charge in [-0.3, -0.25) is 9.36 Å². The summed E-state index contributed by atoms with van der Waals surface area (Å²) in [5, 5.41) is 4.41. The van der Waals surface area contributed by atoms with Crippen molar-refractivity contribution in [2.45, 2.75) is 6.18 Å². The van der Waals surface area contributed by atoms with Crippen molar-refractivity contribution in [3.63, 3.8) is 0 Å². The number of alkyl halides is 3. The molecule has 1 aliphatic heterocycles. The van der Waals surface area contributed by atoms with Crippen molar-refractivity contribution < 1.29 is 17.9 Å². The fraction of sp³-hybridized carbons (Fsp3) is 0.261. The Labute approximate surface area is 186 Å². The van der Waals surface area contributed by atoms with Crippen molar-refractivity contribution >= 4 is 27.5 Å². The van der Waals surface area contributed by atoms with Gasteiger partial charge in [0.05, 0.1) is 18.2 Å². The summed E-state index contributed by atoms with van der Waals surface area (Å²) in [5.41, 5.74) is -2.05. The highest BCUT2D eigenvalue weighted by Crippen LogP contribution is 2.38. The van der Waals surface area contributed by atoms with E-state index in [0.29, 0.717) is 47.3 Å². The molecule has 1 aliphatic rings. The van der Waals surface area contributed by atoms with Crippen LogP contribution in [-0.2, 0) is 6.18 Å². The molecule has 1 fully saturated rings. The first-order valence-corrected chi connectivity index (χ1v) is 10.4. The van der Waals surface area contributed by atoms with Crippen LogP contribution in [-0.4, -0.2) is 47.8 Å². The Kier molecular flexibility index (Phi) is 5.16. The molecule has 0 radical (unpaired) electrons. The summed E-state index contributed by atoms with van der Waals surface area (Å²) >= 11 is 0. The number of pyridine rings is 1. The van der Waals surface area contributed by atoms with Crippen LogP contribution in [0.25, 0.3) is 27.4 Å². The lowest BCUT2D eigenvalue weighted by atomic mass is 10.1. The lowest BCUT2D eigenvalue weighted by molar-refractivity contribution is -0.142. The third-order valence-electron chi connectivity index (χ3n) is 5.80. The van der Waals surface area contributed by atoms with Gasteiger partial charge in [0.1, 0.15) is 29.1 Å². The van der Waals surface area contributed by atoms with Crippen molar-refractivity contribution in [3.05, 3.63) is 64.8 Å². The fourth-order valence-corrected chi connectivity index (χ4v) is 4.30. The second-order valence-corrected chi connectivity index (χ2v) is 7.70. The summed E-state index contributed by atoms with van der Waals surface area (Å²) in [6.07, 6.45) is -3.59. The molecule has 0 bridgehead atoms. The zero-order valence-corrected chi connectivity index (χ0v) is 17.7. The summed E-state index contributed by atoms with van der Waals surface area (Å²) in [5.74, 6) is 0.471. The molecule has 170 valence electrons. The number of nitrogens with one attached hydrogen (secondary N) is 1. The molecular formula is C23H20F3N5O2. The van der Waals surface area contributed by atoms with E-state index in [1.54, 1.807) is 36.4 Å². The number of piperazine rings is 1. The van der Waals surface area contributed by atoms with Crippen LogP contribution in [0.3, 0.4) is 0 Å². The Hall–Kier alpha value is -3.66. The average molecular weight is 455 g/mol. The minimum atomic E-state index is -4.81. The number of methoxy groups -OCH3 is 1. The molecule has 2 aromatic carbocycles. The van der Waals surface area contributed by atoms with Gasteiger partial charge in [-0.25, -0.2) is 9.97 Å². The van der Waals surface area contributed by atoms with Crippen LogP contribution in [0.15, 0.2) is 53.6 Å². The van der Waals surface area contributed by atoms with Crippen LogP contribution in [0.1, 0.15) is 5.69 Å². The standard InChI is InChI=1S/C23H20F3N5O2/c1-33-17-7-6-14-4-2-3-5-15(14)20(17)31-18(23(24,25)26)12-16-19(22(31)32)28-13-29-21(16)30-10-8-27-9-11-30/h2-7,12-13,27H,8-11H2,1H3. The van der Waals surface area contributed by atoms with Crippen LogP contribution < -0.4 is 20.5 Å². The summed E-state index contributed by atoms with van der Waals surface area (Å²) in [6.45, 7) is 2.46. The van der Waals surface area contributed by atoms with Crippen molar-refractivity contribution in [2.75, 3.05) is 38.2 Å². The summed E-state index contributed by atoms with van der Waals surface area (Å²) in [6, 6.07) is 11.2. The van der Waals surface area contributed by atoms with Gasteiger partial charge in [-0.05, 0) is 17.5 Å². The van der Waals surface area contributed by atoms with Crippen molar-refractivity contribution in [3.8, 4) is 11.4 Å². The largest absolute Gasteiger partial charge is 0.495 e. The van der Waals surface area contributed by atoms with E-state index >= 15 is 0 Å². The highest BCUT2D eigenvalue weighted by atomic mass is 19.4. The monoisotopic (exact) mass is 455 g/mol. The molecule has 0 saturated carbocycles. The van der Waals surface area contributed by atoms with Crippen LogP contribution in [0.4, 0.5) is 19.0 Å². The zero-order valence-electron chi connectivity index (χ0n) is 17.7. The maximum absolute atomic E-state index is 14.4. The zero-order chi connectivity index (χ0) is 23.2. The van der Waals surface area contributed by atoms with Crippen LogP contribution in [0.2, 0.25) is 0 Å². The molecule has 33 heavy (non-hydrogen) atoms. The number of halogens is 3. The van der Waals surface area contributed by atoms with Gasteiger partial charge in [-0.1, -0.05) is 30.3 Å². The predicted molar refractivity (Wildman–Crippen MR) is 119 cm³/mol. The maximum atomic E-state index is 14.4. The molecule has 1 saturated heterocycles. The molecule has 0 unspecified atom stereocenters. The number of rotatable bonds is 3. The van der Waals surface area contributed by atoms with Gasteiger partial charge in [0, 0.05) is 31.6 Å². The molecule has 0 spiro atoms. The molecule has 5 rings (SSSR count). The number of aromatic nitrogens is 3. The normalized spacial score (nSPS) is 14.7. The Morgan fingerprint density at radius 1 is 1.03 bits per heavy atom. The SMILES string of the molecule is COc1ccc2ccccc2c1-n1c(C(F)(F)F)cc2c(N3CCNCC3)ncnc2c1=O. The highest BCUT2D eigenvalue weighted by molar-refractivity contribution is 5.95. The quantitative estimate of drug-likeness (QED) is 0.511. The fourth-order valence-electron chi connectivity index (χ4n) is 4.30. The lowest BCUT2D eigenvalue weighted by Gasteiger charge is -2.29.